The third-order valence-corrected chi connectivity index (χ3v) is 7.24. The zero-order valence-electron chi connectivity index (χ0n) is 14.5. The molecule has 0 amide bonds. The number of rotatable bonds is 3. The Kier molecular flexibility index (Phi) is 2.91. The van der Waals surface area contributed by atoms with E-state index in [1.54, 1.807) is 14.2 Å². The second-order valence-electron chi connectivity index (χ2n) is 7.84. The minimum absolute atomic E-state index is 0.00657. The van der Waals surface area contributed by atoms with Crippen molar-refractivity contribution >= 4 is 0 Å². The Bertz CT molecular complexity index is 694. The Hall–Kier alpha value is -1.30. The maximum Gasteiger partial charge on any atom is 0.161 e. The average molecular weight is 331 g/mol. The highest BCUT2D eigenvalue weighted by Crippen LogP contribution is 2.71. The Morgan fingerprint density at radius 1 is 1.21 bits per heavy atom. The first-order valence-corrected chi connectivity index (χ1v) is 8.88. The van der Waals surface area contributed by atoms with Crippen LogP contribution in [0.5, 0.6) is 11.5 Å². The molecule has 6 atom stereocenters. The molecule has 5 nitrogen and oxygen atoms in total. The van der Waals surface area contributed by atoms with E-state index in [4.69, 9.17) is 14.2 Å². The van der Waals surface area contributed by atoms with Crippen LogP contribution in [0.15, 0.2) is 18.2 Å². The number of aliphatic hydroxyl groups is 1. The van der Waals surface area contributed by atoms with E-state index in [9.17, 15) is 5.11 Å². The molecule has 5 fully saturated rings. The standard InChI is InChI=1S/C19H25NO4/c1-20-9-8-18(11-4-5-13(22-2)14(10-11)23-3)16(20)12-6-7-19(18)17(24-19)15(12)21/h4-5,10,12,15-17,21H,6-9H2,1-3H3/t12-,15+,16-,17+,18+,19-/m0/s1. The number of ether oxygens (including phenoxy) is 3. The zero-order chi connectivity index (χ0) is 16.7. The highest BCUT2D eigenvalue weighted by atomic mass is 16.6. The second-order valence-corrected chi connectivity index (χ2v) is 7.84. The molecule has 3 saturated carbocycles. The molecule has 2 bridgehead atoms. The van der Waals surface area contributed by atoms with Gasteiger partial charge >= 0.3 is 0 Å². The highest BCUT2D eigenvalue weighted by molar-refractivity contribution is 5.51. The summed E-state index contributed by atoms with van der Waals surface area (Å²) >= 11 is 0. The van der Waals surface area contributed by atoms with Gasteiger partial charge in [0.2, 0.25) is 0 Å². The van der Waals surface area contributed by atoms with Gasteiger partial charge in [-0.05, 0) is 50.6 Å². The van der Waals surface area contributed by atoms with E-state index in [0.717, 1.165) is 37.3 Å². The van der Waals surface area contributed by atoms with Crippen molar-refractivity contribution in [3.05, 3.63) is 23.8 Å². The van der Waals surface area contributed by atoms with E-state index in [1.165, 1.54) is 5.56 Å². The van der Waals surface area contributed by atoms with Crippen LogP contribution in [0.25, 0.3) is 0 Å². The number of likely N-dealkylation sites (tertiary alicyclic amines) is 1. The molecule has 0 unspecified atom stereocenters. The second kappa shape index (κ2) is 4.65. The number of hydrogen-bond donors (Lipinski definition) is 1. The normalized spacial score (nSPS) is 45.7. The largest absolute Gasteiger partial charge is 0.493 e. The van der Waals surface area contributed by atoms with Crippen molar-refractivity contribution in [1.82, 2.24) is 4.90 Å². The fourth-order valence-corrected chi connectivity index (χ4v) is 6.29. The van der Waals surface area contributed by atoms with E-state index in [1.807, 2.05) is 6.07 Å². The Morgan fingerprint density at radius 3 is 2.75 bits per heavy atom. The summed E-state index contributed by atoms with van der Waals surface area (Å²) in [5.41, 5.74) is 1.03. The number of fused-ring (bicyclic) bond motifs is 1. The molecule has 6 rings (SSSR count). The zero-order valence-corrected chi connectivity index (χ0v) is 14.5. The molecule has 130 valence electrons. The van der Waals surface area contributed by atoms with Crippen molar-refractivity contribution in [3.63, 3.8) is 0 Å². The van der Waals surface area contributed by atoms with Crippen molar-refractivity contribution in [2.75, 3.05) is 27.8 Å². The molecule has 1 spiro atoms. The molecule has 5 aliphatic rings. The molecule has 1 aromatic rings. The quantitative estimate of drug-likeness (QED) is 0.852. The van der Waals surface area contributed by atoms with Gasteiger partial charge in [0, 0.05) is 17.4 Å². The summed E-state index contributed by atoms with van der Waals surface area (Å²) in [6.07, 6.45) is 2.87. The van der Waals surface area contributed by atoms with Crippen LogP contribution in [0.4, 0.5) is 0 Å². The lowest BCUT2D eigenvalue weighted by Gasteiger charge is -2.55. The van der Waals surface area contributed by atoms with Crippen LogP contribution in [0, 0.1) is 5.92 Å². The predicted molar refractivity (Wildman–Crippen MR) is 88.6 cm³/mol. The molecule has 2 saturated heterocycles. The smallest absolute Gasteiger partial charge is 0.161 e. The minimum atomic E-state index is -0.322. The molecule has 2 aliphatic heterocycles. The summed E-state index contributed by atoms with van der Waals surface area (Å²) in [4.78, 5) is 2.43. The Morgan fingerprint density at radius 2 is 2.00 bits per heavy atom. The van der Waals surface area contributed by atoms with Crippen molar-refractivity contribution < 1.29 is 19.3 Å². The topological polar surface area (TPSA) is 54.5 Å². The molecule has 24 heavy (non-hydrogen) atoms. The molecular weight excluding hydrogens is 306 g/mol. The molecule has 1 aromatic carbocycles. The third kappa shape index (κ3) is 1.48. The Balaban J connectivity index is 1.69. The monoisotopic (exact) mass is 331 g/mol. The van der Waals surface area contributed by atoms with Gasteiger partial charge in [-0.1, -0.05) is 6.07 Å². The van der Waals surface area contributed by atoms with E-state index in [-0.39, 0.29) is 23.2 Å². The van der Waals surface area contributed by atoms with Crippen LogP contribution < -0.4 is 9.47 Å². The third-order valence-electron chi connectivity index (χ3n) is 7.24. The number of nitrogens with zero attached hydrogens (tertiary/aromatic N) is 1. The maximum absolute atomic E-state index is 10.7. The minimum Gasteiger partial charge on any atom is -0.493 e. The van der Waals surface area contributed by atoms with Gasteiger partial charge in [-0.15, -0.1) is 0 Å². The molecule has 2 heterocycles. The fourth-order valence-electron chi connectivity index (χ4n) is 6.29. The maximum atomic E-state index is 10.7. The van der Waals surface area contributed by atoms with Gasteiger partial charge in [0.1, 0.15) is 11.7 Å². The van der Waals surface area contributed by atoms with E-state index in [0.29, 0.717) is 12.0 Å². The SMILES string of the molecule is COc1ccc([C@]23CCN(C)[C@H]2[C@H]2CC[C@@]34O[C@@H]4[C@@H]2O)cc1OC. The van der Waals surface area contributed by atoms with Gasteiger partial charge in [-0.3, -0.25) is 0 Å². The fraction of sp³-hybridized carbons (Fsp3) is 0.684. The number of methoxy groups -OCH3 is 2. The van der Waals surface area contributed by atoms with E-state index in [2.05, 4.69) is 24.1 Å². The van der Waals surface area contributed by atoms with Crippen molar-refractivity contribution in [1.29, 1.82) is 0 Å². The van der Waals surface area contributed by atoms with Crippen LogP contribution in [0.2, 0.25) is 0 Å². The average Bonchev–Trinajstić information content (AvgIpc) is 3.26. The summed E-state index contributed by atoms with van der Waals surface area (Å²) in [6.45, 7) is 1.04. The molecule has 0 aromatic heterocycles. The van der Waals surface area contributed by atoms with Crippen molar-refractivity contribution in [3.8, 4) is 11.5 Å². The first-order valence-electron chi connectivity index (χ1n) is 8.88. The number of hydrogen-bond acceptors (Lipinski definition) is 5. The summed E-state index contributed by atoms with van der Waals surface area (Å²) in [5.74, 6) is 1.82. The number of epoxide rings is 1. The number of aliphatic hydroxyl groups excluding tert-OH is 1. The Labute approximate surface area is 142 Å². The molecule has 5 heteroatoms. The molecule has 1 N–H and O–H groups in total. The van der Waals surface area contributed by atoms with Gasteiger partial charge in [-0.25, -0.2) is 0 Å². The van der Waals surface area contributed by atoms with Crippen LogP contribution >= 0.6 is 0 Å². The summed E-state index contributed by atoms with van der Waals surface area (Å²) in [7, 11) is 5.54. The van der Waals surface area contributed by atoms with Crippen LogP contribution in [-0.4, -0.2) is 61.7 Å². The molecule has 0 radical (unpaired) electrons. The number of likely N-dealkylation sites (N-methyl/N-ethyl adjacent to an activating group) is 1. The van der Waals surface area contributed by atoms with E-state index < -0.39 is 0 Å². The van der Waals surface area contributed by atoms with Crippen LogP contribution in [-0.2, 0) is 10.2 Å². The lowest BCUT2D eigenvalue weighted by Crippen LogP contribution is -2.66. The predicted octanol–water partition coefficient (Wildman–Crippen LogP) is 1.57. The number of benzene rings is 1. The van der Waals surface area contributed by atoms with Gasteiger partial charge in [0.25, 0.3) is 0 Å². The summed E-state index contributed by atoms with van der Waals surface area (Å²) in [5, 5.41) is 10.7. The van der Waals surface area contributed by atoms with E-state index >= 15 is 0 Å². The van der Waals surface area contributed by atoms with Crippen LogP contribution in [0.3, 0.4) is 0 Å². The van der Waals surface area contributed by atoms with Gasteiger partial charge in [-0.2, -0.15) is 0 Å². The van der Waals surface area contributed by atoms with Crippen molar-refractivity contribution in [2.45, 2.75) is 48.5 Å². The first-order chi connectivity index (χ1) is 11.6. The van der Waals surface area contributed by atoms with Crippen molar-refractivity contribution in [2.24, 2.45) is 5.92 Å². The van der Waals surface area contributed by atoms with Crippen LogP contribution in [0.1, 0.15) is 24.8 Å². The first kappa shape index (κ1) is 15.0. The highest BCUT2D eigenvalue weighted by Gasteiger charge is 2.82. The molecule has 3 aliphatic carbocycles. The lowest BCUT2D eigenvalue weighted by molar-refractivity contribution is -0.0442. The van der Waals surface area contributed by atoms with Gasteiger partial charge in [0.15, 0.2) is 11.5 Å². The van der Waals surface area contributed by atoms with Gasteiger partial charge < -0.3 is 24.2 Å². The summed E-state index contributed by atoms with van der Waals surface area (Å²) in [6, 6.07) is 6.64. The lowest BCUT2D eigenvalue weighted by atomic mass is 9.50. The van der Waals surface area contributed by atoms with Gasteiger partial charge in [0.05, 0.1) is 20.3 Å². The molecular formula is C19H25NO4. The summed E-state index contributed by atoms with van der Waals surface area (Å²) < 4.78 is 17.2.